The Morgan fingerprint density at radius 1 is 1.53 bits per heavy atom. The monoisotopic (exact) mass is 254 g/mol. The maximum atomic E-state index is 11.7. The Bertz CT molecular complexity index is 364. The van der Waals surface area contributed by atoms with Gasteiger partial charge in [-0.3, -0.25) is 4.99 Å². The van der Waals surface area contributed by atoms with Gasteiger partial charge in [-0.25, -0.2) is 4.79 Å². The lowest BCUT2D eigenvalue weighted by Crippen LogP contribution is -2.43. The third-order valence-electron chi connectivity index (χ3n) is 4.00. The lowest BCUT2D eigenvalue weighted by atomic mass is 9.99. The van der Waals surface area contributed by atoms with Gasteiger partial charge in [-0.2, -0.15) is 11.8 Å². The van der Waals surface area contributed by atoms with Crippen molar-refractivity contribution in [2.75, 3.05) is 25.2 Å². The Labute approximate surface area is 106 Å². The number of carbonyl (C=O) groups excluding carboxylic acids is 1. The number of carbonyl (C=O) groups is 1. The maximum absolute atomic E-state index is 11.7. The molecule has 0 aliphatic carbocycles. The van der Waals surface area contributed by atoms with E-state index in [4.69, 9.17) is 9.73 Å². The zero-order valence-electron chi connectivity index (χ0n) is 10.1. The lowest BCUT2D eigenvalue weighted by Gasteiger charge is -2.26. The number of hydrogen-bond donors (Lipinski definition) is 0. The fourth-order valence-electron chi connectivity index (χ4n) is 2.95. The second kappa shape index (κ2) is 4.19. The van der Waals surface area contributed by atoms with Crippen molar-refractivity contribution in [3.05, 3.63) is 0 Å². The predicted molar refractivity (Wildman–Crippen MR) is 68.5 cm³/mol. The molecule has 0 N–H and O–H groups in total. The Morgan fingerprint density at radius 3 is 3.00 bits per heavy atom. The fraction of sp³-hybridized carbons (Fsp3) is 0.833. The number of ether oxygens (including phenoxy) is 1. The average molecular weight is 254 g/mol. The summed E-state index contributed by atoms with van der Waals surface area (Å²) < 4.78 is 4.88. The molecule has 0 unspecified atom stereocenters. The largest absolute Gasteiger partial charge is 0.467 e. The third-order valence-corrected chi connectivity index (χ3v) is 4.99. The molecule has 0 saturated carbocycles. The lowest BCUT2D eigenvalue weighted by molar-refractivity contribution is -0.144. The quantitative estimate of drug-likeness (QED) is 0.662. The van der Waals surface area contributed by atoms with Crippen LogP contribution in [0.3, 0.4) is 0 Å². The van der Waals surface area contributed by atoms with E-state index in [2.05, 4.69) is 4.90 Å². The first-order valence-corrected chi connectivity index (χ1v) is 7.45. The molecule has 2 saturated heterocycles. The standard InChI is InChI=1S/C12H18N2O2S/c1-16-10(15)9-3-2-6-14(9)11-12(13-11)4-7-17-8-5-12/h9H,2-8H2,1H3/t9-/m0/s1. The summed E-state index contributed by atoms with van der Waals surface area (Å²) in [5.74, 6) is 3.48. The normalized spacial score (nSPS) is 30.3. The summed E-state index contributed by atoms with van der Waals surface area (Å²) in [6, 6.07) is -0.0762. The number of likely N-dealkylation sites (tertiary alicyclic amines) is 1. The number of methoxy groups -OCH3 is 1. The maximum Gasteiger partial charge on any atom is 0.328 e. The number of amidine groups is 1. The van der Waals surface area contributed by atoms with Crippen LogP contribution in [-0.2, 0) is 9.53 Å². The first-order chi connectivity index (χ1) is 8.27. The highest BCUT2D eigenvalue weighted by molar-refractivity contribution is 7.99. The Kier molecular flexibility index (Phi) is 2.81. The van der Waals surface area contributed by atoms with Crippen LogP contribution in [0.25, 0.3) is 0 Å². The van der Waals surface area contributed by atoms with E-state index in [0.29, 0.717) is 0 Å². The summed E-state index contributed by atoms with van der Waals surface area (Å²) in [6.07, 6.45) is 4.29. The van der Waals surface area contributed by atoms with E-state index in [0.717, 1.165) is 32.2 Å². The molecule has 2 fully saturated rings. The molecule has 0 bridgehead atoms. The first kappa shape index (κ1) is 11.4. The number of esters is 1. The third kappa shape index (κ3) is 1.84. The summed E-state index contributed by atoms with van der Waals surface area (Å²) >= 11 is 2.01. The highest BCUT2D eigenvalue weighted by atomic mass is 32.2. The van der Waals surface area contributed by atoms with Crippen LogP contribution in [0.4, 0.5) is 0 Å². The van der Waals surface area contributed by atoms with Crippen LogP contribution in [0.15, 0.2) is 4.99 Å². The second-order valence-electron chi connectivity index (χ2n) is 4.95. The van der Waals surface area contributed by atoms with E-state index in [1.165, 1.54) is 24.5 Å². The van der Waals surface area contributed by atoms with Crippen LogP contribution in [0, 0.1) is 0 Å². The van der Waals surface area contributed by atoms with Gasteiger partial charge in [0.15, 0.2) is 0 Å². The van der Waals surface area contributed by atoms with Crippen LogP contribution in [-0.4, -0.2) is 53.4 Å². The molecule has 1 spiro atoms. The molecular weight excluding hydrogens is 236 g/mol. The second-order valence-corrected chi connectivity index (χ2v) is 6.18. The van der Waals surface area contributed by atoms with Gasteiger partial charge in [0.1, 0.15) is 17.4 Å². The van der Waals surface area contributed by atoms with Crippen LogP contribution >= 0.6 is 11.8 Å². The summed E-state index contributed by atoms with van der Waals surface area (Å²) in [6.45, 7) is 0.966. The minimum absolute atomic E-state index is 0.0762. The Hall–Kier alpha value is -0.710. The van der Waals surface area contributed by atoms with Gasteiger partial charge in [0.05, 0.1) is 7.11 Å². The van der Waals surface area contributed by atoms with E-state index in [9.17, 15) is 4.79 Å². The molecule has 3 rings (SSSR count). The van der Waals surface area contributed by atoms with Crippen molar-refractivity contribution in [1.82, 2.24) is 4.90 Å². The van der Waals surface area contributed by atoms with E-state index < -0.39 is 0 Å². The van der Waals surface area contributed by atoms with E-state index in [1.807, 2.05) is 11.8 Å². The zero-order valence-corrected chi connectivity index (χ0v) is 11.0. The summed E-state index contributed by atoms with van der Waals surface area (Å²) in [5.41, 5.74) is 0.113. The highest BCUT2D eigenvalue weighted by Crippen LogP contribution is 2.44. The first-order valence-electron chi connectivity index (χ1n) is 6.29. The fourth-order valence-corrected chi connectivity index (χ4v) is 4.12. The van der Waals surface area contributed by atoms with E-state index in [1.54, 1.807) is 0 Å². The molecule has 3 aliphatic rings. The molecular formula is C12H18N2O2S. The summed E-state index contributed by atoms with van der Waals surface area (Å²) in [5, 5.41) is 0. The molecule has 3 aliphatic heterocycles. The zero-order chi connectivity index (χ0) is 11.9. The van der Waals surface area contributed by atoms with Gasteiger partial charge in [0.25, 0.3) is 0 Å². The Balaban J connectivity index is 1.69. The molecule has 94 valence electrons. The topological polar surface area (TPSA) is 41.9 Å². The molecule has 1 atom stereocenters. The number of nitrogens with zero attached hydrogens (tertiary/aromatic N) is 2. The summed E-state index contributed by atoms with van der Waals surface area (Å²) in [7, 11) is 1.47. The van der Waals surface area contributed by atoms with Crippen LogP contribution < -0.4 is 0 Å². The van der Waals surface area contributed by atoms with E-state index in [-0.39, 0.29) is 17.6 Å². The summed E-state index contributed by atoms with van der Waals surface area (Å²) in [4.78, 5) is 18.6. The van der Waals surface area contributed by atoms with Crippen molar-refractivity contribution in [1.29, 1.82) is 0 Å². The van der Waals surface area contributed by atoms with Gasteiger partial charge in [0, 0.05) is 6.54 Å². The SMILES string of the molecule is COC(=O)[C@@H]1CCCN1C1=NC12CCSCC2. The van der Waals surface area contributed by atoms with Crippen molar-refractivity contribution >= 4 is 23.6 Å². The number of hydrogen-bond acceptors (Lipinski definition) is 5. The Morgan fingerprint density at radius 2 is 2.29 bits per heavy atom. The predicted octanol–water partition coefficient (Wildman–Crippen LogP) is 1.30. The average Bonchev–Trinajstić information content (AvgIpc) is 2.85. The molecule has 17 heavy (non-hydrogen) atoms. The van der Waals surface area contributed by atoms with Gasteiger partial charge in [-0.1, -0.05) is 0 Å². The molecule has 0 aromatic carbocycles. The highest BCUT2D eigenvalue weighted by Gasteiger charge is 2.53. The molecule has 0 aromatic rings. The van der Waals surface area contributed by atoms with Gasteiger partial charge < -0.3 is 9.64 Å². The van der Waals surface area contributed by atoms with Crippen molar-refractivity contribution in [2.45, 2.75) is 37.3 Å². The molecule has 4 nitrogen and oxygen atoms in total. The number of rotatable bonds is 1. The minimum Gasteiger partial charge on any atom is -0.467 e. The van der Waals surface area contributed by atoms with Gasteiger partial charge in [-0.05, 0) is 37.2 Å². The minimum atomic E-state index is -0.0996. The van der Waals surface area contributed by atoms with Crippen LogP contribution in [0.5, 0.6) is 0 Å². The van der Waals surface area contributed by atoms with Gasteiger partial charge in [0.2, 0.25) is 0 Å². The molecule has 0 radical (unpaired) electrons. The van der Waals surface area contributed by atoms with Crippen molar-refractivity contribution in [3.8, 4) is 0 Å². The van der Waals surface area contributed by atoms with Gasteiger partial charge in [-0.15, -0.1) is 0 Å². The number of thioether (sulfide) groups is 1. The molecule has 5 heteroatoms. The van der Waals surface area contributed by atoms with Crippen LogP contribution in [0.2, 0.25) is 0 Å². The van der Waals surface area contributed by atoms with Crippen molar-refractivity contribution in [3.63, 3.8) is 0 Å². The van der Waals surface area contributed by atoms with Crippen LogP contribution in [0.1, 0.15) is 25.7 Å². The molecule has 0 aromatic heterocycles. The van der Waals surface area contributed by atoms with Crippen molar-refractivity contribution < 1.29 is 9.53 Å². The van der Waals surface area contributed by atoms with Crippen molar-refractivity contribution in [2.24, 2.45) is 4.99 Å². The van der Waals surface area contributed by atoms with Gasteiger partial charge >= 0.3 is 5.97 Å². The molecule has 3 heterocycles. The van der Waals surface area contributed by atoms with E-state index >= 15 is 0 Å². The smallest absolute Gasteiger partial charge is 0.328 e. The molecule has 0 amide bonds. The number of aliphatic imine (C=N–C) groups is 1.